The van der Waals surface area contributed by atoms with Crippen LogP contribution >= 0.6 is 0 Å². The van der Waals surface area contributed by atoms with Gasteiger partial charge >= 0.3 is 0 Å². The molecule has 0 bridgehead atoms. The lowest BCUT2D eigenvalue weighted by molar-refractivity contribution is 0.387. The van der Waals surface area contributed by atoms with Crippen molar-refractivity contribution in [3.63, 3.8) is 0 Å². The van der Waals surface area contributed by atoms with Gasteiger partial charge in [0.2, 0.25) is 0 Å². The van der Waals surface area contributed by atoms with Crippen molar-refractivity contribution in [1.29, 1.82) is 0 Å². The fraction of sp³-hybridized carbons (Fsp3) is 0.250. The molecule has 1 unspecified atom stereocenters. The van der Waals surface area contributed by atoms with Gasteiger partial charge in [-0.05, 0) is 43.0 Å². The summed E-state index contributed by atoms with van der Waals surface area (Å²) in [7, 11) is 0. The number of benzene rings is 2. The largest absolute Gasteiger partial charge is 0.371 e. The van der Waals surface area contributed by atoms with Crippen molar-refractivity contribution in [2.24, 2.45) is 0 Å². The molecule has 0 spiro atoms. The number of epoxide rings is 1. The third-order valence-electron chi connectivity index (χ3n) is 5.04. The smallest absolute Gasteiger partial charge is 0.0988 e. The third kappa shape index (κ3) is 1.83. The molecule has 3 nitrogen and oxygen atoms in total. The summed E-state index contributed by atoms with van der Waals surface area (Å²) >= 11 is 0. The minimum absolute atomic E-state index is 0.364. The fourth-order valence-corrected chi connectivity index (χ4v) is 3.81. The number of rotatable bonds is 2. The van der Waals surface area contributed by atoms with Gasteiger partial charge in [0, 0.05) is 33.6 Å². The van der Waals surface area contributed by atoms with Crippen molar-refractivity contribution in [3.05, 3.63) is 53.9 Å². The number of hydrogen-bond donors (Lipinski definition) is 0. The number of fused-ring (bicyclic) bond motifs is 4. The maximum atomic E-state index is 5.50. The highest BCUT2D eigenvalue weighted by Gasteiger charge is 2.25. The topological polar surface area (TPSA) is 30.4 Å². The van der Waals surface area contributed by atoms with Gasteiger partial charge in [0.1, 0.15) is 0 Å². The first kappa shape index (κ1) is 13.1. The van der Waals surface area contributed by atoms with Crippen LogP contribution in [-0.2, 0) is 11.3 Å². The fourth-order valence-electron chi connectivity index (χ4n) is 3.81. The number of hydrogen-bond acceptors (Lipinski definition) is 2. The molecule has 3 heterocycles. The number of pyridine rings is 1. The summed E-state index contributed by atoms with van der Waals surface area (Å²) in [6, 6.07) is 13.1. The van der Waals surface area contributed by atoms with Crippen LogP contribution in [0.3, 0.4) is 0 Å². The molecule has 2 aromatic heterocycles. The quantitative estimate of drug-likeness (QED) is 0.515. The summed E-state index contributed by atoms with van der Waals surface area (Å²) in [6.45, 7) is 6.13. The van der Waals surface area contributed by atoms with Crippen LogP contribution in [0.4, 0.5) is 0 Å². The molecule has 0 saturated carbocycles. The van der Waals surface area contributed by atoms with Gasteiger partial charge in [-0.25, -0.2) is 0 Å². The maximum absolute atomic E-state index is 5.50. The molecular formula is C20H18N2O. The van der Waals surface area contributed by atoms with E-state index in [9.17, 15) is 0 Å². The zero-order valence-corrected chi connectivity index (χ0v) is 13.3. The molecule has 4 aromatic rings. The lowest BCUT2D eigenvalue weighted by atomic mass is 10.0. The molecule has 2 aromatic carbocycles. The molecular weight excluding hydrogens is 284 g/mol. The molecule has 0 radical (unpaired) electrons. The van der Waals surface area contributed by atoms with E-state index < -0.39 is 0 Å². The Morgan fingerprint density at radius 3 is 2.74 bits per heavy atom. The molecule has 1 atom stereocenters. The van der Waals surface area contributed by atoms with Crippen molar-refractivity contribution < 1.29 is 4.74 Å². The first-order valence-corrected chi connectivity index (χ1v) is 8.11. The van der Waals surface area contributed by atoms with Gasteiger partial charge in [-0.2, -0.15) is 0 Å². The predicted octanol–water partition coefficient (Wildman–Crippen LogP) is 4.36. The van der Waals surface area contributed by atoms with E-state index in [0.717, 1.165) is 18.8 Å². The molecule has 5 rings (SSSR count). The van der Waals surface area contributed by atoms with E-state index in [1.165, 1.54) is 38.1 Å². The van der Waals surface area contributed by atoms with Crippen LogP contribution in [0.15, 0.2) is 42.6 Å². The lowest BCUT2D eigenvalue weighted by Gasteiger charge is -2.10. The second kappa shape index (κ2) is 4.56. The zero-order chi connectivity index (χ0) is 15.6. The molecule has 0 N–H and O–H groups in total. The van der Waals surface area contributed by atoms with E-state index in [1.54, 1.807) is 0 Å². The summed E-state index contributed by atoms with van der Waals surface area (Å²) in [5.41, 5.74) is 5.05. The highest BCUT2D eigenvalue weighted by atomic mass is 16.6. The van der Waals surface area contributed by atoms with E-state index >= 15 is 0 Å². The Balaban J connectivity index is 2.00. The second-order valence-electron chi connectivity index (χ2n) is 6.47. The molecule has 3 heteroatoms. The first-order chi connectivity index (χ1) is 11.2. The SMILES string of the molecule is Cc1nccc2c(C)c3c(cc12)c1ccccc1n3CC1CO1. The van der Waals surface area contributed by atoms with Crippen molar-refractivity contribution in [2.45, 2.75) is 26.5 Å². The molecule has 0 amide bonds. The monoisotopic (exact) mass is 302 g/mol. The number of para-hydroxylation sites is 1. The summed E-state index contributed by atoms with van der Waals surface area (Å²) in [5.74, 6) is 0. The van der Waals surface area contributed by atoms with Crippen molar-refractivity contribution in [3.8, 4) is 0 Å². The third-order valence-corrected chi connectivity index (χ3v) is 5.04. The molecule has 23 heavy (non-hydrogen) atoms. The number of aryl methyl sites for hydroxylation is 2. The van der Waals surface area contributed by atoms with Crippen LogP contribution in [0.5, 0.6) is 0 Å². The Hall–Kier alpha value is -2.39. The van der Waals surface area contributed by atoms with Gasteiger partial charge in [-0.15, -0.1) is 0 Å². The van der Waals surface area contributed by atoms with Crippen molar-refractivity contribution in [1.82, 2.24) is 9.55 Å². The van der Waals surface area contributed by atoms with E-state index in [4.69, 9.17) is 4.74 Å². The van der Waals surface area contributed by atoms with Crippen LogP contribution in [0, 0.1) is 13.8 Å². The molecule has 0 aliphatic carbocycles. The van der Waals surface area contributed by atoms with Crippen LogP contribution in [0.25, 0.3) is 32.6 Å². The molecule has 114 valence electrons. The first-order valence-electron chi connectivity index (χ1n) is 8.11. The van der Waals surface area contributed by atoms with Gasteiger partial charge in [0.15, 0.2) is 0 Å². The van der Waals surface area contributed by atoms with E-state index in [0.29, 0.717) is 6.10 Å². The van der Waals surface area contributed by atoms with Crippen LogP contribution in [0.1, 0.15) is 11.3 Å². The predicted molar refractivity (Wildman–Crippen MR) is 94.0 cm³/mol. The number of nitrogens with zero attached hydrogens (tertiary/aromatic N) is 2. The number of aromatic nitrogens is 2. The van der Waals surface area contributed by atoms with Crippen molar-refractivity contribution >= 4 is 32.6 Å². The molecule has 1 aliphatic heterocycles. The average molecular weight is 302 g/mol. The summed E-state index contributed by atoms with van der Waals surface area (Å²) in [6.07, 6.45) is 2.27. The lowest BCUT2D eigenvalue weighted by Crippen LogP contribution is -2.04. The highest BCUT2D eigenvalue weighted by Crippen LogP contribution is 2.36. The summed E-state index contributed by atoms with van der Waals surface area (Å²) in [5, 5.41) is 5.19. The van der Waals surface area contributed by atoms with Crippen molar-refractivity contribution in [2.75, 3.05) is 6.61 Å². The summed E-state index contributed by atoms with van der Waals surface area (Å²) < 4.78 is 7.93. The standard InChI is InChI=1S/C20H18N2O/c1-12-15-7-8-21-13(2)17(15)9-18-16-5-3-4-6-19(16)22(20(12)18)10-14-11-23-14/h3-9,14H,10-11H2,1-2H3. The Labute approximate surface area is 134 Å². The Kier molecular flexibility index (Phi) is 2.59. The Bertz CT molecular complexity index is 1070. The van der Waals surface area contributed by atoms with E-state index in [-0.39, 0.29) is 0 Å². The van der Waals surface area contributed by atoms with Gasteiger partial charge in [-0.1, -0.05) is 18.2 Å². The van der Waals surface area contributed by atoms with Gasteiger partial charge in [0.05, 0.1) is 24.8 Å². The highest BCUT2D eigenvalue weighted by molar-refractivity contribution is 6.14. The second-order valence-corrected chi connectivity index (χ2v) is 6.47. The molecule has 1 saturated heterocycles. The Morgan fingerprint density at radius 1 is 1.09 bits per heavy atom. The van der Waals surface area contributed by atoms with E-state index in [1.807, 2.05) is 6.20 Å². The van der Waals surface area contributed by atoms with Gasteiger partial charge < -0.3 is 9.30 Å². The summed E-state index contributed by atoms with van der Waals surface area (Å²) in [4.78, 5) is 4.47. The molecule has 1 aliphatic rings. The Morgan fingerprint density at radius 2 is 1.91 bits per heavy atom. The van der Waals surface area contributed by atoms with Crippen LogP contribution in [0.2, 0.25) is 0 Å². The average Bonchev–Trinajstić information content (AvgIpc) is 3.32. The van der Waals surface area contributed by atoms with Crippen LogP contribution < -0.4 is 0 Å². The molecule has 1 fully saturated rings. The van der Waals surface area contributed by atoms with Gasteiger partial charge in [0.25, 0.3) is 0 Å². The minimum Gasteiger partial charge on any atom is -0.371 e. The van der Waals surface area contributed by atoms with Crippen LogP contribution in [-0.4, -0.2) is 22.3 Å². The zero-order valence-electron chi connectivity index (χ0n) is 13.3. The van der Waals surface area contributed by atoms with Gasteiger partial charge in [-0.3, -0.25) is 4.98 Å². The number of ether oxygens (including phenoxy) is 1. The van der Waals surface area contributed by atoms with E-state index in [2.05, 4.69) is 59.8 Å². The maximum Gasteiger partial charge on any atom is 0.0988 e. The minimum atomic E-state index is 0.364. The normalized spacial score (nSPS) is 17.4.